The first kappa shape index (κ1) is 13.9. The molecule has 1 aliphatic rings. The first-order valence-corrected chi connectivity index (χ1v) is 7.26. The van der Waals surface area contributed by atoms with Crippen LogP contribution in [0.4, 0.5) is 0 Å². The van der Waals surface area contributed by atoms with Crippen LogP contribution in [0.2, 0.25) is 5.02 Å². The molecule has 4 nitrogen and oxygen atoms in total. The lowest BCUT2D eigenvalue weighted by atomic mass is 10.1. The molecule has 1 aromatic carbocycles. The lowest BCUT2D eigenvalue weighted by Gasteiger charge is -2.33. The number of likely N-dealkylation sites (tertiary alicyclic amines) is 1. The SMILES string of the molecule is Cc1c(CN2C[C@H](O)C[C@@H](O)C2)[nH]c2c(Cl)cccc12. The summed E-state index contributed by atoms with van der Waals surface area (Å²) in [6.45, 7) is 3.95. The zero-order valence-corrected chi connectivity index (χ0v) is 12.2. The summed E-state index contributed by atoms with van der Waals surface area (Å²) in [5.41, 5.74) is 3.23. The molecule has 20 heavy (non-hydrogen) atoms. The van der Waals surface area contributed by atoms with Gasteiger partial charge in [0.25, 0.3) is 0 Å². The molecule has 2 heterocycles. The van der Waals surface area contributed by atoms with Crippen LogP contribution < -0.4 is 0 Å². The van der Waals surface area contributed by atoms with Crippen LogP contribution in [0.3, 0.4) is 0 Å². The van der Waals surface area contributed by atoms with Crippen LogP contribution in [-0.2, 0) is 6.54 Å². The van der Waals surface area contributed by atoms with Gasteiger partial charge >= 0.3 is 0 Å². The number of nitrogens with zero attached hydrogens (tertiary/aromatic N) is 1. The van der Waals surface area contributed by atoms with Gasteiger partial charge in [-0.25, -0.2) is 0 Å². The minimum Gasteiger partial charge on any atom is -0.392 e. The molecule has 2 atom stereocenters. The summed E-state index contributed by atoms with van der Waals surface area (Å²) in [5, 5.41) is 21.3. The predicted octanol–water partition coefficient (Wildman–Crippen LogP) is 2.06. The highest BCUT2D eigenvalue weighted by Gasteiger charge is 2.25. The van der Waals surface area contributed by atoms with E-state index in [2.05, 4.69) is 22.9 Å². The summed E-state index contributed by atoms with van der Waals surface area (Å²) in [6.07, 6.45) is -0.437. The van der Waals surface area contributed by atoms with E-state index in [9.17, 15) is 10.2 Å². The summed E-state index contributed by atoms with van der Waals surface area (Å²) >= 11 is 6.21. The van der Waals surface area contributed by atoms with Crippen LogP contribution in [-0.4, -0.2) is 45.4 Å². The number of aromatic nitrogens is 1. The molecule has 108 valence electrons. The fourth-order valence-electron chi connectivity index (χ4n) is 3.02. The first-order valence-electron chi connectivity index (χ1n) is 6.88. The Kier molecular flexibility index (Phi) is 3.73. The van der Waals surface area contributed by atoms with Crippen molar-refractivity contribution in [2.24, 2.45) is 0 Å². The average Bonchev–Trinajstić information content (AvgIpc) is 2.67. The number of β-amino-alcohol motifs (C(OH)–C–C–N with tert-alkyl or cyclic N) is 2. The van der Waals surface area contributed by atoms with Crippen LogP contribution in [0.5, 0.6) is 0 Å². The molecule has 0 unspecified atom stereocenters. The van der Waals surface area contributed by atoms with Crippen molar-refractivity contribution in [3.05, 3.63) is 34.5 Å². The second-order valence-corrected chi connectivity index (χ2v) is 6.04. The number of aryl methyl sites for hydroxylation is 1. The standard InChI is InChI=1S/C15H19ClN2O2/c1-9-12-3-2-4-13(16)15(12)17-14(9)8-18-6-10(19)5-11(20)7-18/h2-4,10-11,17,19-20H,5-8H2,1H3/t10-,11-/m1/s1. The summed E-state index contributed by atoms with van der Waals surface area (Å²) in [7, 11) is 0. The molecule has 0 radical (unpaired) electrons. The van der Waals surface area contributed by atoms with Gasteiger partial charge in [0.1, 0.15) is 0 Å². The van der Waals surface area contributed by atoms with Crippen LogP contribution in [0.15, 0.2) is 18.2 Å². The van der Waals surface area contributed by atoms with Crippen LogP contribution >= 0.6 is 11.6 Å². The Balaban J connectivity index is 1.87. The molecule has 3 rings (SSSR count). The van der Waals surface area contributed by atoms with Crippen LogP contribution in [0.25, 0.3) is 10.9 Å². The number of H-pyrrole nitrogens is 1. The van der Waals surface area contributed by atoms with E-state index in [0.29, 0.717) is 26.1 Å². The Hall–Kier alpha value is -1.07. The maximum absolute atomic E-state index is 9.75. The Labute approximate surface area is 123 Å². The third-order valence-corrected chi connectivity index (χ3v) is 4.32. The number of aromatic amines is 1. The molecule has 1 saturated heterocycles. The Morgan fingerprint density at radius 2 is 2.00 bits per heavy atom. The zero-order chi connectivity index (χ0) is 14.3. The largest absolute Gasteiger partial charge is 0.392 e. The monoisotopic (exact) mass is 294 g/mol. The number of aliphatic hydroxyl groups is 2. The van der Waals surface area contributed by atoms with E-state index in [1.807, 2.05) is 12.1 Å². The lowest BCUT2D eigenvalue weighted by molar-refractivity contribution is -0.0114. The average molecular weight is 295 g/mol. The Morgan fingerprint density at radius 1 is 1.30 bits per heavy atom. The van der Waals surface area contributed by atoms with Gasteiger partial charge in [0.15, 0.2) is 0 Å². The minimum absolute atomic E-state index is 0.452. The topological polar surface area (TPSA) is 59.5 Å². The second-order valence-electron chi connectivity index (χ2n) is 5.63. The molecular weight excluding hydrogens is 276 g/mol. The Bertz CT molecular complexity index is 616. The number of aliphatic hydroxyl groups excluding tert-OH is 2. The molecule has 5 heteroatoms. The minimum atomic E-state index is -0.452. The van der Waals surface area contributed by atoms with Gasteiger partial charge in [-0.15, -0.1) is 0 Å². The van der Waals surface area contributed by atoms with Gasteiger partial charge < -0.3 is 15.2 Å². The predicted molar refractivity (Wildman–Crippen MR) is 80.0 cm³/mol. The third kappa shape index (κ3) is 2.56. The number of fused-ring (bicyclic) bond motifs is 1. The van der Waals surface area contributed by atoms with Crippen molar-refractivity contribution < 1.29 is 10.2 Å². The third-order valence-electron chi connectivity index (χ3n) is 4.01. The van der Waals surface area contributed by atoms with Gasteiger partial charge in [-0.2, -0.15) is 0 Å². The molecule has 0 bridgehead atoms. The first-order chi connectivity index (χ1) is 9.54. The highest BCUT2D eigenvalue weighted by atomic mass is 35.5. The summed E-state index contributed by atoms with van der Waals surface area (Å²) in [6, 6.07) is 5.87. The second kappa shape index (κ2) is 5.37. The van der Waals surface area contributed by atoms with Gasteiger partial charge in [0, 0.05) is 37.1 Å². The quantitative estimate of drug-likeness (QED) is 0.794. The van der Waals surface area contributed by atoms with Crippen molar-refractivity contribution in [2.75, 3.05) is 13.1 Å². The van der Waals surface area contributed by atoms with Gasteiger partial charge in [-0.1, -0.05) is 23.7 Å². The summed E-state index contributed by atoms with van der Waals surface area (Å²) < 4.78 is 0. The number of hydrogen-bond acceptors (Lipinski definition) is 3. The molecule has 0 spiro atoms. The van der Waals surface area contributed by atoms with E-state index in [-0.39, 0.29) is 0 Å². The molecule has 0 aliphatic carbocycles. The molecule has 1 aliphatic heterocycles. The van der Waals surface area contributed by atoms with Gasteiger partial charge in [-0.3, -0.25) is 4.90 Å². The summed E-state index contributed by atoms with van der Waals surface area (Å²) in [4.78, 5) is 5.45. The zero-order valence-electron chi connectivity index (χ0n) is 11.4. The fraction of sp³-hybridized carbons (Fsp3) is 0.467. The molecule has 0 amide bonds. The number of para-hydroxylation sites is 1. The van der Waals surface area contributed by atoms with Crippen molar-refractivity contribution in [2.45, 2.75) is 32.1 Å². The maximum atomic E-state index is 9.75. The summed E-state index contributed by atoms with van der Waals surface area (Å²) in [5.74, 6) is 0. The number of benzene rings is 1. The number of nitrogens with one attached hydrogen (secondary N) is 1. The molecule has 2 aromatic rings. The number of rotatable bonds is 2. The fourth-order valence-corrected chi connectivity index (χ4v) is 3.24. The van der Waals surface area contributed by atoms with Crippen molar-refractivity contribution in [1.82, 2.24) is 9.88 Å². The Morgan fingerprint density at radius 3 is 2.65 bits per heavy atom. The van der Waals surface area contributed by atoms with Crippen LogP contribution in [0.1, 0.15) is 17.7 Å². The van der Waals surface area contributed by atoms with E-state index < -0.39 is 12.2 Å². The highest BCUT2D eigenvalue weighted by molar-refractivity contribution is 6.35. The van der Waals surface area contributed by atoms with Gasteiger partial charge in [0.05, 0.1) is 22.7 Å². The van der Waals surface area contributed by atoms with E-state index in [1.165, 1.54) is 5.56 Å². The molecule has 1 aromatic heterocycles. The normalized spacial score (nSPS) is 24.4. The van der Waals surface area contributed by atoms with E-state index in [4.69, 9.17) is 11.6 Å². The molecule has 0 saturated carbocycles. The molecule has 1 fully saturated rings. The van der Waals surface area contributed by atoms with Crippen LogP contribution in [0, 0.1) is 6.92 Å². The van der Waals surface area contributed by atoms with Crippen molar-refractivity contribution >= 4 is 22.5 Å². The number of halogens is 1. The van der Waals surface area contributed by atoms with E-state index in [1.54, 1.807) is 0 Å². The molecule has 3 N–H and O–H groups in total. The van der Waals surface area contributed by atoms with E-state index >= 15 is 0 Å². The number of hydrogen-bond donors (Lipinski definition) is 3. The van der Waals surface area contributed by atoms with E-state index in [0.717, 1.165) is 21.6 Å². The number of piperidine rings is 1. The smallest absolute Gasteiger partial charge is 0.0692 e. The lowest BCUT2D eigenvalue weighted by Crippen LogP contribution is -2.45. The van der Waals surface area contributed by atoms with Crippen molar-refractivity contribution in [1.29, 1.82) is 0 Å². The maximum Gasteiger partial charge on any atom is 0.0692 e. The van der Waals surface area contributed by atoms with Gasteiger partial charge in [0.2, 0.25) is 0 Å². The van der Waals surface area contributed by atoms with Crippen molar-refractivity contribution in [3.8, 4) is 0 Å². The highest BCUT2D eigenvalue weighted by Crippen LogP contribution is 2.28. The van der Waals surface area contributed by atoms with Gasteiger partial charge in [-0.05, 0) is 18.6 Å². The molecular formula is C15H19ClN2O2. The van der Waals surface area contributed by atoms with Crippen molar-refractivity contribution in [3.63, 3.8) is 0 Å².